The van der Waals surface area contributed by atoms with Crippen LogP contribution in [0.1, 0.15) is 9.88 Å². The van der Waals surface area contributed by atoms with Crippen molar-refractivity contribution in [1.82, 2.24) is 14.8 Å². The van der Waals surface area contributed by atoms with E-state index in [1.54, 1.807) is 11.3 Å². The van der Waals surface area contributed by atoms with Gasteiger partial charge in [-0.05, 0) is 31.2 Å². The molecule has 0 N–H and O–H groups in total. The highest BCUT2D eigenvalue weighted by Crippen LogP contribution is 2.29. The molecule has 1 aromatic carbocycles. The van der Waals surface area contributed by atoms with Gasteiger partial charge in [-0.25, -0.2) is 4.98 Å². The molecule has 2 saturated heterocycles. The summed E-state index contributed by atoms with van der Waals surface area (Å²) in [6, 6.07) is 8.33. The van der Waals surface area contributed by atoms with E-state index in [-0.39, 0.29) is 0 Å². The minimum atomic E-state index is 0.707. The predicted octanol–water partition coefficient (Wildman–Crippen LogP) is 2.66. The maximum atomic E-state index is 5.92. The first kappa shape index (κ1) is 19.8. The largest absolute Gasteiger partial charge is 0.492 e. The lowest BCUT2D eigenvalue weighted by atomic mass is 10.1. The highest BCUT2D eigenvalue weighted by atomic mass is 32.1. The summed E-state index contributed by atoms with van der Waals surface area (Å²) in [5, 5.41) is 1.18. The van der Waals surface area contributed by atoms with Gasteiger partial charge in [0.05, 0.1) is 38.7 Å². The second-order valence-electron chi connectivity index (χ2n) is 7.23. The highest BCUT2D eigenvalue weighted by Gasteiger charge is 2.15. The van der Waals surface area contributed by atoms with Crippen molar-refractivity contribution in [2.75, 3.05) is 65.8 Å². The molecule has 7 heteroatoms. The first-order valence-corrected chi connectivity index (χ1v) is 10.9. The van der Waals surface area contributed by atoms with Crippen molar-refractivity contribution in [1.29, 1.82) is 0 Å². The third kappa shape index (κ3) is 5.30. The topological polar surface area (TPSA) is 47.1 Å². The van der Waals surface area contributed by atoms with Gasteiger partial charge in [0.2, 0.25) is 0 Å². The maximum Gasteiger partial charge on any atom is 0.119 e. The van der Waals surface area contributed by atoms with E-state index in [9.17, 15) is 0 Å². The predicted molar refractivity (Wildman–Crippen MR) is 111 cm³/mol. The Morgan fingerprint density at radius 1 is 0.964 bits per heavy atom. The van der Waals surface area contributed by atoms with E-state index in [0.29, 0.717) is 6.61 Å². The molecule has 0 unspecified atom stereocenters. The van der Waals surface area contributed by atoms with Crippen molar-refractivity contribution < 1.29 is 14.2 Å². The van der Waals surface area contributed by atoms with Gasteiger partial charge in [-0.2, -0.15) is 0 Å². The van der Waals surface area contributed by atoms with E-state index >= 15 is 0 Å². The van der Waals surface area contributed by atoms with Crippen LogP contribution in [0.3, 0.4) is 0 Å². The molecule has 0 saturated carbocycles. The Bertz CT molecular complexity index is 738. The van der Waals surface area contributed by atoms with Gasteiger partial charge in [0.15, 0.2) is 0 Å². The van der Waals surface area contributed by atoms with Gasteiger partial charge in [0, 0.05) is 43.2 Å². The Labute approximate surface area is 171 Å². The number of benzene rings is 1. The second kappa shape index (κ2) is 9.80. The molecule has 0 bridgehead atoms. The van der Waals surface area contributed by atoms with Crippen LogP contribution in [-0.4, -0.2) is 80.5 Å². The van der Waals surface area contributed by atoms with Gasteiger partial charge in [-0.15, -0.1) is 11.3 Å². The molecule has 0 radical (unpaired) electrons. The van der Waals surface area contributed by atoms with Crippen molar-refractivity contribution in [3.05, 3.63) is 34.2 Å². The Hall–Kier alpha value is -1.51. The molecule has 2 aliphatic heterocycles. The molecule has 3 heterocycles. The fourth-order valence-corrected chi connectivity index (χ4v) is 4.56. The number of ether oxygens (including phenoxy) is 3. The van der Waals surface area contributed by atoms with Gasteiger partial charge in [0.25, 0.3) is 0 Å². The Morgan fingerprint density at radius 2 is 1.61 bits per heavy atom. The lowest BCUT2D eigenvalue weighted by Crippen LogP contribution is -2.38. The summed E-state index contributed by atoms with van der Waals surface area (Å²) in [6.07, 6.45) is 0. The first-order valence-electron chi connectivity index (χ1n) is 10.1. The van der Waals surface area contributed by atoms with Crippen molar-refractivity contribution in [3.63, 3.8) is 0 Å². The summed E-state index contributed by atoms with van der Waals surface area (Å²) < 4.78 is 16.7. The van der Waals surface area contributed by atoms with Gasteiger partial charge >= 0.3 is 0 Å². The number of rotatable bonds is 7. The Kier molecular flexibility index (Phi) is 6.93. The molecule has 28 heavy (non-hydrogen) atoms. The van der Waals surface area contributed by atoms with Crippen molar-refractivity contribution >= 4 is 11.3 Å². The Balaban J connectivity index is 1.31. The molecule has 0 amide bonds. The van der Waals surface area contributed by atoms with Gasteiger partial charge in [0.1, 0.15) is 17.4 Å². The summed E-state index contributed by atoms with van der Waals surface area (Å²) in [5.41, 5.74) is 2.25. The van der Waals surface area contributed by atoms with E-state index in [4.69, 9.17) is 19.2 Å². The summed E-state index contributed by atoms with van der Waals surface area (Å²) in [6.45, 7) is 12.0. The number of aromatic nitrogens is 1. The third-order valence-corrected chi connectivity index (χ3v) is 6.17. The zero-order valence-electron chi connectivity index (χ0n) is 16.6. The van der Waals surface area contributed by atoms with Crippen LogP contribution >= 0.6 is 11.3 Å². The number of nitrogens with zero attached hydrogens (tertiary/aromatic N) is 3. The molecule has 4 rings (SSSR count). The van der Waals surface area contributed by atoms with E-state index in [0.717, 1.165) is 82.7 Å². The average Bonchev–Trinajstić information content (AvgIpc) is 3.10. The zero-order valence-corrected chi connectivity index (χ0v) is 17.4. The quantitative estimate of drug-likeness (QED) is 0.708. The van der Waals surface area contributed by atoms with Crippen LogP contribution in [0.5, 0.6) is 5.75 Å². The van der Waals surface area contributed by atoms with Crippen LogP contribution in [-0.2, 0) is 16.0 Å². The SMILES string of the molecule is Cc1sc(CN2CCOCC2)nc1-c1ccc(OCCN2CCOCC2)cc1. The second-order valence-corrected chi connectivity index (χ2v) is 8.52. The minimum Gasteiger partial charge on any atom is -0.492 e. The monoisotopic (exact) mass is 403 g/mol. The van der Waals surface area contributed by atoms with E-state index in [2.05, 4.69) is 41.0 Å². The Morgan fingerprint density at radius 3 is 2.29 bits per heavy atom. The van der Waals surface area contributed by atoms with E-state index in [1.807, 2.05) is 0 Å². The fraction of sp³-hybridized carbons (Fsp3) is 0.571. The first-order chi connectivity index (χ1) is 13.8. The van der Waals surface area contributed by atoms with E-state index < -0.39 is 0 Å². The summed E-state index contributed by atoms with van der Waals surface area (Å²) in [5.74, 6) is 0.915. The van der Waals surface area contributed by atoms with Crippen LogP contribution in [0.25, 0.3) is 11.3 Å². The minimum absolute atomic E-state index is 0.707. The van der Waals surface area contributed by atoms with E-state index in [1.165, 1.54) is 9.88 Å². The average molecular weight is 404 g/mol. The number of morpholine rings is 2. The summed E-state index contributed by atoms with van der Waals surface area (Å²) >= 11 is 1.80. The summed E-state index contributed by atoms with van der Waals surface area (Å²) in [7, 11) is 0. The van der Waals surface area contributed by atoms with Gasteiger partial charge < -0.3 is 14.2 Å². The molecule has 6 nitrogen and oxygen atoms in total. The molecule has 152 valence electrons. The van der Waals surface area contributed by atoms with Crippen LogP contribution in [0.15, 0.2) is 24.3 Å². The molecular weight excluding hydrogens is 374 g/mol. The zero-order chi connectivity index (χ0) is 19.2. The summed E-state index contributed by atoms with van der Waals surface area (Å²) in [4.78, 5) is 11.0. The number of thiazole rings is 1. The molecule has 2 fully saturated rings. The molecule has 1 aromatic heterocycles. The van der Waals surface area contributed by atoms with Crippen LogP contribution in [0.2, 0.25) is 0 Å². The fourth-order valence-electron chi connectivity index (χ4n) is 3.56. The third-order valence-electron chi connectivity index (χ3n) is 5.21. The number of hydrogen-bond acceptors (Lipinski definition) is 7. The molecular formula is C21H29N3O3S. The van der Waals surface area contributed by atoms with Gasteiger partial charge in [-0.1, -0.05) is 0 Å². The van der Waals surface area contributed by atoms with Gasteiger partial charge in [-0.3, -0.25) is 9.80 Å². The number of aryl methyl sites for hydroxylation is 1. The molecule has 0 spiro atoms. The maximum absolute atomic E-state index is 5.92. The van der Waals surface area contributed by atoms with Crippen LogP contribution in [0.4, 0.5) is 0 Å². The highest BCUT2D eigenvalue weighted by molar-refractivity contribution is 7.12. The molecule has 2 aromatic rings. The lowest BCUT2D eigenvalue weighted by molar-refractivity contribution is 0.0322. The number of hydrogen-bond donors (Lipinski definition) is 0. The van der Waals surface area contributed by atoms with Crippen LogP contribution in [0, 0.1) is 6.92 Å². The van der Waals surface area contributed by atoms with Crippen LogP contribution < -0.4 is 4.74 Å². The smallest absolute Gasteiger partial charge is 0.119 e. The normalized spacial score (nSPS) is 19.0. The van der Waals surface area contributed by atoms with Crippen molar-refractivity contribution in [2.24, 2.45) is 0 Å². The molecule has 2 aliphatic rings. The molecule has 0 aliphatic carbocycles. The standard InChI is InChI=1S/C21H29N3O3S/c1-17-21(22-20(28-17)16-24-8-13-26-14-9-24)18-2-4-19(5-3-18)27-15-10-23-6-11-25-12-7-23/h2-5H,6-16H2,1H3. The molecule has 0 atom stereocenters. The van der Waals surface area contributed by atoms with Crippen molar-refractivity contribution in [2.45, 2.75) is 13.5 Å². The van der Waals surface area contributed by atoms with Crippen molar-refractivity contribution in [3.8, 4) is 17.0 Å². The lowest BCUT2D eigenvalue weighted by Gasteiger charge is -2.26.